The minimum Gasteiger partial charge on any atom is -0.499 e. The highest BCUT2D eigenvalue weighted by Crippen LogP contribution is 2.42. The molecule has 0 saturated carbocycles. The first-order valence-corrected chi connectivity index (χ1v) is 16.2. The molecule has 0 fully saturated rings. The first-order chi connectivity index (χ1) is 19.8. The molecule has 1 aliphatic carbocycles. The van der Waals surface area contributed by atoms with Gasteiger partial charge in [-0.25, -0.2) is 22.4 Å². The van der Waals surface area contributed by atoms with Gasteiger partial charge >= 0.3 is 5.97 Å². The first-order valence-electron chi connectivity index (χ1n) is 14.5. The van der Waals surface area contributed by atoms with E-state index in [9.17, 15) is 13.2 Å². The molecule has 4 heterocycles. The van der Waals surface area contributed by atoms with Crippen LogP contribution in [0.4, 0.5) is 5.82 Å². The number of allylic oxidation sites excluding steroid dienone is 1. The average Bonchev–Trinajstić information content (AvgIpc) is 3.39. The normalized spacial score (nSPS) is 29.0. The van der Waals surface area contributed by atoms with Crippen molar-refractivity contribution in [1.82, 2.24) is 19.1 Å². The van der Waals surface area contributed by atoms with Crippen LogP contribution in [0.15, 0.2) is 58.5 Å². The Morgan fingerprint density at radius 2 is 1.95 bits per heavy atom. The molecule has 0 amide bonds. The molecule has 4 aliphatic rings. The van der Waals surface area contributed by atoms with Crippen LogP contribution in [0.5, 0.6) is 0 Å². The largest absolute Gasteiger partial charge is 0.499 e. The van der Waals surface area contributed by atoms with E-state index in [1.54, 1.807) is 13.2 Å². The number of carbonyl (C=O) groups excluding carboxylic acids is 1. The summed E-state index contributed by atoms with van der Waals surface area (Å²) in [6, 6.07) is 3.37. The van der Waals surface area contributed by atoms with Crippen molar-refractivity contribution in [3.63, 3.8) is 0 Å². The van der Waals surface area contributed by atoms with E-state index in [-0.39, 0.29) is 23.9 Å². The van der Waals surface area contributed by atoms with Crippen LogP contribution in [0.1, 0.15) is 58.2 Å². The number of esters is 1. The monoisotopic (exact) mass is 596 g/mol. The van der Waals surface area contributed by atoms with Crippen LogP contribution in [0, 0.1) is 0 Å². The predicted molar refractivity (Wildman–Crippen MR) is 165 cm³/mol. The summed E-state index contributed by atoms with van der Waals surface area (Å²) < 4.78 is 40.2. The highest BCUT2D eigenvalue weighted by Gasteiger charge is 2.49. The zero-order valence-electron chi connectivity index (χ0n) is 25.5. The van der Waals surface area contributed by atoms with Crippen molar-refractivity contribution in [1.29, 1.82) is 0 Å². The molecule has 0 radical (unpaired) electrons. The van der Waals surface area contributed by atoms with E-state index in [0.29, 0.717) is 34.5 Å². The Hall–Kier alpha value is -3.28. The van der Waals surface area contributed by atoms with Crippen molar-refractivity contribution in [3.05, 3.63) is 64.7 Å². The second kappa shape index (κ2) is 11.1. The number of hydrogen-bond acceptors (Lipinski definition) is 8. The number of ether oxygens (including phenoxy) is 2. The lowest BCUT2D eigenvalue weighted by atomic mass is 9.96. The van der Waals surface area contributed by atoms with Crippen LogP contribution < -0.4 is 9.21 Å². The number of aromatic nitrogens is 1. The molecule has 0 saturated heterocycles. The summed E-state index contributed by atoms with van der Waals surface area (Å²) in [6.07, 6.45) is 11.9. The number of aliphatic imine (C=N–C) groups is 1. The number of methoxy groups -OCH3 is 1. The van der Waals surface area contributed by atoms with Crippen molar-refractivity contribution < 1.29 is 22.7 Å². The Balaban J connectivity index is 1.57. The van der Waals surface area contributed by atoms with E-state index in [4.69, 9.17) is 19.5 Å². The van der Waals surface area contributed by atoms with Gasteiger partial charge in [-0.1, -0.05) is 6.08 Å². The van der Waals surface area contributed by atoms with Crippen molar-refractivity contribution in [2.45, 2.75) is 70.7 Å². The van der Waals surface area contributed by atoms with E-state index < -0.39 is 21.5 Å². The van der Waals surface area contributed by atoms with E-state index in [2.05, 4.69) is 34.9 Å². The van der Waals surface area contributed by atoms with Crippen LogP contribution in [-0.4, -0.2) is 81.8 Å². The minimum absolute atomic E-state index is 0.0897. The molecular formula is C31H42N5O5S+. The molecule has 11 heteroatoms. The number of pyridine rings is 1. The Morgan fingerprint density at radius 1 is 1.19 bits per heavy atom. The van der Waals surface area contributed by atoms with Crippen molar-refractivity contribution in [3.8, 4) is 0 Å². The van der Waals surface area contributed by atoms with Crippen LogP contribution in [0.2, 0.25) is 0 Å². The van der Waals surface area contributed by atoms with Crippen molar-refractivity contribution in [2.24, 2.45) is 4.99 Å². The molecule has 3 atom stereocenters. The smallest absolute Gasteiger partial charge is 0.338 e. The van der Waals surface area contributed by atoms with E-state index >= 15 is 0 Å². The summed E-state index contributed by atoms with van der Waals surface area (Å²) in [5.74, 6) is 1.96. The Labute approximate surface area is 249 Å². The molecule has 1 aromatic rings. The van der Waals surface area contributed by atoms with E-state index in [0.717, 1.165) is 35.8 Å². The maximum Gasteiger partial charge on any atom is 0.338 e. The second-order valence-corrected chi connectivity index (χ2v) is 14.2. The van der Waals surface area contributed by atoms with Gasteiger partial charge < -0.3 is 14.4 Å². The summed E-state index contributed by atoms with van der Waals surface area (Å²) in [4.78, 5) is 25.1. The molecule has 1 N–H and O–H groups in total. The molecule has 0 spiro atoms. The topological polar surface area (TPSA) is 110 Å². The number of sulfonamides is 1. The quantitative estimate of drug-likeness (QED) is 0.320. The second-order valence-electron chi connectivity index (χ2n) is 12.4. The Kier molecular flexibility index (Phi) is 7.97. The highest BCUT2D eigenvalue weighted by molar-refractivity contribution is 7.89. The number of nitrogens with zero attached hydrogens (tertiary/aromatic N) is 4. The first kappa shape index (κ1) is 30.2. The number of likely N-dealkylation sites (N-methyl/N-ethyl adjacent to an activating group) is 2. The third-order valence-electron chi connectivity index (χ3n) is 8.25. The van der Waals surface area contributed by atoms with Gasteiger partial charge in [-0.2, -0.15) is 4.98 Å². The molecule has 1 aromatic heterocycles. The van der Waals surface area contributed by atoms with Gasteiger partial charge in [0.2, 0.25) is 15.8 Å². The fourth-order valence-electron chi connectivity index (χ4n) is 6.10. The van der Waals surface area contributed by atoms with Crippen LogP contribution in [0.3, 0.4) is 0 Å². The van der Waals surface area contributed by atoms with Crippen LogP contribution in [-0.2, 0) is 29.8 Å². The van der Waals surface area contributed by atoms with E-state index in [1.807, 2.05) is 53.0 Å². The lowest BCUT2D eigenvalue weighted by Gasteiger charge is -2.34. The van der Waals surface area contributed by atoms with Crippen molar-refractivity contribution in [2.75, 3.05) is 33.5 Å². The fourth-order valence-corrected chi connectivity index (χ4v) is 7.66. The molecule has 0 aromatic carbocycles. The molecular weight excluding hydrogens is 554 g/mol. The Bertz CT molecular complexity index is 1540. The minimum atomic E-state index is -3.47. The molecule has 3 aliphatic heterocycles. The zero-order valence-corrected chi connectivity index (χ0v) is 26.4. The lowest BCUT2D eigenvalue weighted by Crippen LogP contribution is -2.50. The highest BCUT2D eigenvalue weighted by atomic mass is 32.2. The number of hydrogen-bond donors (Lipinski definition) is 1. The van der Waals surface area contributed by atoms with Crippen LogP contribution >= 0.6 is 0 Å². The molecule has 10 nitrogen and oxygen atoms in total. The predicted octanol–water partition coefficient (Wildman–Crippen LogP) is 3.77. The molecule has 226 valence electrons. The maximum atomic E-state index is 12.9. The maximum absolute atomic E-state index is 12.9. The van der Waals surface area contributed by atoms with E-state index in [1.165, 1.54) is 0 Å². The number of carbonyl (C=O) groups is 1. The van der Waals surface area contributed by atoms with Crippen LogP contribution in [0.25, 0.3) is 6.08 Å². The van der Waals surface area contributed by atoms with Gasteiger partial charge in [-0.15, -0.1) is 0 Å². The van der Waals surface area contributed by atoms with Gasteiger partial charge in [0.1, 0.15) is 18.3 Å². The standard InChI is InChI=1S/C31H42N5O5S/c1-20(2)41-30(37)22-17-23-27(25(19-22)40-7)35(5)28(32-23)24-18-21-13-14-26-31(3,4)34-42(38,39)16-12-10-8-9-11-15-36(24,6)29(21)33-26/h9,11,13-14,17-20,23,27,34H,8,10,12,15-16H2,1-7H3/q+1/b11-9-. The Morgan fingerprint density at radius 3 is 2.67 bits per heavy atom. The third kappa shape index (κ3) is 5.57. The van der Waals surface area contributed by atoms with Gasteiger partial charge in [0.15, 0.2) is 11.5 Å². The van der Waals surface area contributed by atoms with Gasteiger partial charge in [0.05, 0.1) is 54.4 Å². The SMILES string of the molecule is COC1=CC(C(=O)OC(C)C)=CC2N=C(C3=Cc4ccc5nc4[N+]3(C)C/C=C\CCCCS(=O)(=O)NC5(C)C)N(C)C12. The summed E-state index contributed by atoms with van der Waals surface area (Å²) in [5.41, 5.74) is 2.13. The van der Waals surface area contributed by atoms with Gasteiger partial charge in [0, 0.05) is 13.1 Å². The molecule has 42 heavy (non-hydrogen) atoms. The lowest BCUT2D eigenvalue weighted by molar-refractivity contribution is -0.142. The summed E-state index contributed by atoms with van der Waals surface area (Å²) in [5, 5.41) is 0. The van der Waals surface area contributed by atoms with Gasteiger partial charge in [0.25, 0.3) is 0 Å². The molecule has 5 rings (SSSR count). The summed E-state index contributed by atoms with van der Waals surface area (Å²) in [7, 11) is 2.25. The number of nitrogens with one attached hydrogen (secondary N) is 1. The summed E-state index contributed by atoms with van der Waals surface area (Å²) in [6.45, 7) is 8.00. The molecule has 2 bridgehead atoms. The number of amidine groups is 1. The third-order valence-corrected chi connectivity index (χ3v) is 9.90. The van der Waals surface area contributed by atoms with Gasteiger partial charge in [-0.05, 0) is 77.3 Å². The van der Waals surface area contributed by atoms with Gasteiger partial charge in [-0.3, -0.25) is 4.99 Å². The zero-order chi connectivity index (χ0) is 30.4. The fraction of sp³-hybridized carbons (Fsp3) is 0.516. The molecule has 3 unspecified atom stereocenters. The number of quaternary nitrogens is 1. The number of fused-ring (bicyclic) bond motifs is 2. The summed E-state index contributed by atoms with van der Waals surface area (Å²) >= 11 is 0. The van der Waals surface area contributed by atoms with Crippen molar-refractivity contribution >= 4 is 33.7 Å². The average molecular weight is 597 g/mol. The number of rotatable bonds is 4.